The minimum absolute atomic E-state index is 0.0922. The van der Waals surface area contributed by atoms with Gasteiger partial charge in [0.2, 0.25) is 5.91 Å². The fraction of sp³-hybridized carbons (Fsp3) is 0.375. The van der Waals surface area contributed by atoms with E-state index in [1.165, 1.54) is 13.1 Å². The van der Waals surface area contributed by atoms with Crippen LogP contribution in [0.25, 0.3) is 0 Å². The first kappa shape index (κ1) is 10.2. The summed E-state index contributed by atoms with van der Waals surface area (Å²) in [5, 5.41) is 14.5. The molecule has 0 aliphatic heterocycles. The second kappa shape index (κ2) is 4.40. The van der Waals surface area contributed by atoms with E-state index in [1.54, 1.807) is 6.07 Å². The molecule has 1 aromatic heterocycles. The number of carboxylic acids is 1. The van der Waals surface area contributed by atoms with Crippen LogP contribution in [-0.4, -0.2) is 28.2 Å². The third-order valence-electron chi connectivity index (χ3n) is 1.57. The monoisotopic (exact) mass is 198 g/mol. The fourth-order valence-corrected chi connectivity index (χ4v) is 0.994. The molecule has 76 valence electrons. The number of carbonyl (C=O) groups excluding carboxylic acids is 1. The minimum atomic E-state index is -1.10. The Hall–Kier alpha value is -1.85. The standard InChI is InChI=1S/C8H10N2O4/c1-5(11)10-7(8(12)13)4-6-2-3-9-14-6/h2-3,7H,4H2,1H3,(H,10,11)(H,12,13)/t7-/m0/s1. The summed E-state index contributed by atoms with van der Waals surface area (Å²) < 4.78 is 4.73. The molecule has 0 radical (unpaired) electrons. The van der Waals surface area contributed by atoms with E-state index < -0.39 is 17.9 Å². The molecule has 6 nitrogen and oxygen atoms in total. The Kier molecular flexibility index (Phi) is 3.22. The van der Waals surface area contributed by atoms with Gasteiger partial charge in [0.1, 0.15) is 11.8 Å². The highest BCUT2D eigenvalue weighted by Crippen LogP contribution is 2.02. The van der Waals surface area contributed by atoms with E-state index in [4.69, 9.17) is 9.63 Å². The van der Waals surface area contributed by atoms with Crippen LogP contribution in [0.1, 0.15) is 12.7 Å². The van der Waals surface area contributed by atoms with Gasteiger partial charge in [0.05, 0.1) is 6.20 Å². The average Bonchev–Trinajstić information content (AvgIpc) is 2.54. The molecule has 1 aromatic rings. The van der Waals surface area contributed by atoms with Crippen molar-refractivity contribution in [2.45, 2.75) is 19.4 Å². The molecule has 0 aliphatic carbocycles. The molecule has 0 saturated heterocycles. The fourth-order valence-electron chi connectivity index (χ4n) is 0.994. The Morgan fingerprint density at radius 1 is 1.71 bits per heavy atom. The quantitative estimate of drug-likeness (QED) is 0.699. The van der Waals surface area contributed by atoms with Gasteiger partial charge in [-0.15, -0.1) is 0 Å². The molecule has 0 aromatic carbocycles. The highest BCUT2D eigenvalue weighted by molar-refractivity contribution is 5.82. The molecule has 6 heteroatoms. The molecule has 1 rings (SSSR count). The number of rotatable bonds is 4. The summed E-state index contributed by atoms with van der Waals surface area (Å²) in [6.45, 7) is 1.26. The number of carbonyl (C=O) groups is 2. The van der Waals surface area contributed by atoms with Crippen LogP contribution < -0.4 is 5.32 Å². The zero-order valence-corrected chi connectivity index (χ0v) is 7.56. The summed E-state index contributed by atoms with van der Waals surface area (Å²) >= 11 is 0. The molecule has 0 bridgehead atoms. The van der Waals surface area contributed by atoms with Crippen LogP contribution in [0.2, 0.25) is 0 Å². The van der Waals surface area contributed by atoms with Crippen LogP contribution >= 0.6 is 0 Å². The number of hydrogen-bond donors (Lipinski definition) is 2. The second-order valence-electron chi connectivity index (χ2n) is 2.77. The Bertz CT molecular complexity index is 320. The third-order valence-corrected chi connectivity index (χ3v) is 1.57. The summed E-state index contributed by atoms with van der Waals surface area (Å²) in [7, 11) is 0. The zero-order chi connectivity index (χ0) is 10.6. The zero-order valence-electron chi connectivity index (χ0n) is 7.56. The normalized spacial score (nSPS) is 12.1. The lowest BCUT2D eigenvalue weighted by Crippen LogP contribution is -2.41. The smallest absolute Gasteiger partial charge is 0.326 e. The number of amides is 1. The predicted octanol–water partition coefficient (Wildman–Crippen LogP) is -0.194. The van der Waals surface area contributed by atoms with Crippen molar-refractivity contribution in [1.29, 1.82) is 0 Å². The van der Waals surface area contributed by atoms with Gasteiger partial charge in [-0.3, -0.25) is 4.79 Å². The van der Waals surface area contributed by atoms with Gasteiger partial charge in [0.25, 0.3) is 0 Å². The summed E-state index contributed by atoms with van der Waals surface area (Å²) in [5.74, 6) is -1.07. The van der Waals surface area contributed by atoms with Crippen LogP contribution in [0.3, 0.4) is 0 Å². The Balaban J connectivity index is 2.60. The van der Waals surface area contributed by atoms with E-state index in [9.17, 15) is 9.59 Å². The summed E-state index contributed by atoms with van der Waals surface area (Å²) in [6, 6.07) is 0.582. The first-order valence-electron chi connectivity index (χ1n) is 3.99. The molecular formula is C8H10N2O4. The van der Waals surface area contributed by atoms with Crippen molar-refractivity contribution in [2.75, 3.05) is 0 Å². The van der Waals surface area contributed by atoms with Gasteiger partial charge in [0, 0.05) is 19.4 Å². The third kappa shape index (κ3) is 2.89. The van der Waals surface area contributed by atoms with Crippen LogP contribution in [0.4, 0.5) is 0 Å². The Morgan fingerprint density at radius 3 is 2.86 bits per heavy atom. The SMILES string of the molecule is CC(=O)N[C@@H](Cc1ccno1)C(=O)O. The predicted molar refractivity (Wildman–Crippen MR) is 45.4 cm³/mol. The Morgan fingerprint density at radius 2 is 2.43 bits per heavy atom. The van der Waals surface area contributed by atoms with Crippen molar-refractivity contribution in [2.24, 2.45) is 0 Å². The molecule has 0 aliphatic rings. The van der Waals surface area contributed by atoms with Gasteiger partial charge in [-0.25, -0.2) is 4.79 Å². The molecule has 14 heavy (non-hydrogen) atoms. The van der Waals surface area contributed by atoms with Crippen LogP contribution in [-0.2, 0) is 16.0 Å². The van der Waals surface area contributed by atoms with Gasteiger partial charge in [-0.05, 0) is 0 Å². The molecule has 1 heterocycles. The highest BCUT2D eigenvalue weighted by Gasteiger charge is 2.20. The molecule has 2 N–H and O–H groups in total. The summed E-state index contributed by atoms with van der Waals surface area (Å²) in [6.07, 6.45) is 1.51. The number of nitrogens with zero attached hydrogens (tertiary/aromatic N) is 1. The lowest BCUT2D eigenvalue weighted by molar-refractivity contribution is -0.141. The van der Waals surface area contributed by atoms with E-state index in [2.05, 4.69) is 10.5 Å². The van der Waals surface area contributed by atoms with Crippen LogP contribution in [0, 0.1) is 0 Å². The summed E-state index contributed by atoms with van der Waals surface area (Å²) in [4.78, 5) is 21.4. The van der Waals surface area contributed by atoms with Gasteiger partial charge >= 0.3 is 5.97 Å². The molecule has 0 unspecified atom stereocenters. The van der Waals surface area contributed by atoms with Gasteiger partial charge in [-0.2, -0.15) is 0 Å². The molecule has 0 saturated carbocycles. The average molecular weight is 198 g/mol. The number of aliphatic carboxylic acids is 1. The van der Waals surface area contributed by atoms with E-state index >= 15 is 0 Å². The van der Waals surface area contributed by atoms with Crippen molar-refractivity contribution in [3.8, 4) is 0 Å². The number of nitrogens with one attached hydrogen (secondary N) is 1. The molecule has 1 amide bonds. The maximum Gasteiger partial charge on any atom is 0.326 e. The lowest BCUT2D eigenvalue weighted by atomic mass is 10.1. The van der Waals surface area contributed by atoms with Gasteiger partial charge in [0.15, 0.2) is 0 Å². The molecule has 0 fully saturated rings. The van der Waals surface area contributed by atoms with Crippen LogP contribution in [0.5, 0.6) is 0 Å². The van der Waals surface area contributed by atoms with E-state index in [-0.39, 0.29) is 6.42 Å². The number of carboxylic acid groups (broad SMARTS) is 1. The van der Waals surface area contributed by atoms with E-state index in [1.807, 2.05) is 0 Å². The van der Waals surface area contributed by atoms with Crippen molar-refractivity contribution >= 4 is 11.9 Å². The van der Waals surface area contributed by atoms with Crippen molar-refractivity contribution in [3.63, 3.8) is 0 Å². The molecule has 0 spiro atoms. The maximum absolute atomic E-state index is 10.7. The lowest BCUT2D eigenvalue weighted by Gasteiger charge is -2.10. The summed E-state index contributed by atoms with van der Waals surface area (Å²) in [5.41, 5.74) is 0. The molecular weight excluding hydrogens is 188 g/mol. The topological polar surface area (TPSA) is 92.4 Å². The maximum atomic E-state index is 10.7. The number of hydrogen-bond acceptors (Lipinski definition) is 4. The van der Waals surface area contributed by atoms with Gasteiger partial charge < -0.3 is 14.9 Å². The van der Waals surface area contributed by atoms with E-state index in [0.717, 1.165) is 0 Å². The van der Waals surface area contributed by atoms with Gasteiger partial charge in [-0.1, -0.05) is 5.16 Å². The first-order chi connectivity index (χ1) is 6.59. The largest absolute Gasteiger partial charge is 0.480 e. The number of aromatic nitrogens is 1. The Labute approximate surface area is 79.9 Å². The van der Waals surface area contributed by atoms with Crippen molar-refractivity contribution in [1.82, 2.24) is 10.5 Å². The molecule has 1 atom stereocenters. The first-order valence-corrected chi connectivity index (χ1v) is 3.99. The second-order valence-corrected chi connectivity index (χ2v) is 2.77. The van der Waals surface area contributed by atoms with Crippen molar-refractivity contribution in [3.05, 3.63) is 18.0 Å². The van der Waals surface area contributed by atoms with Crippen LogP contribution in [0.15, 0.2) is 16.8 Å². The van der Waals surface area contributed by atoms with E-state index in [0.29, 0.717) is 5.76 Å². The minimum Gasteiger partial charge on any atom is -0.480 e. The highest BCUT2D eigenvalue weighted by atomic mass is 16.5. The van der Waals surface area contributed by atoms with Crippen molar-refractivity contribution < 1.29 is 19.2 Å².